The second-order valence-electron chi connectivity index (χ2n) is 6.13. The van der Waals surface area contributed by atoms with Gasteiger partial charge in [-0.2, -0.15) is 0 Å². The Hall–Kier alpha value is -2.37. The van der Waals surface area contributed by atoms with Gasteiger partial charge in [0.15, 0.2) is 0 Å². The van der Waals surface area contributed by atoms with Crippen LogP contribution < -0.4 is 10.1 Å². The first-order valence-electron chi connectivity index (χ1n) is 8.00. The van der Waals surface area contributed by atoms with Gasteiger partial charge in [0, 0.05) is 18.5 Å². The van der Waals surface area contributed by atoms with Crippen LogP contribution >= 0.6 is 0 Å². The zero-order valence-corrected chi connectivity index (χ0v) is 15.2. The van der Waals surface area contributed by atoms with Gasteiger partial charge in [0.2, 0.25) is 5.91 Å². The molecular weight excluding hydrogens is 310 g/mol. The lowest BCUT2D eigenvalue weighted by molar-refractivity contribution is -0.134. The molecule has 0 spiro atoms. The van der Waals surface area contributed by atoms with Crippen LogP contribution in [0.3, 0.4) is 0 Å². The Labute approximate surface area is 143 Å². The fourth-order valence-corrected chi connectivity index (χ4v) is 1.75. The molecule has 0 aromatic heterocycles. The number of amides is 1. The summed E-state index contributed by atoms with van der Waals surface area (Å²) >= 11 is 0. The third-order valence-corrected chi connectivity index (χ3v) is 2.70. The van der Waals surface area contributed by atoms with Gasteiger partial charge in [-0.05, 0) is 23.6 Å². The minimum Gasteiger partial charge on any atom is -0.478 e. The average molecular weight is 337 g/mol. The first-order valence-corrected chi connectivity index (χ1v) is 8.00. The third kappa shape index (κ3) is 7.76. The number of ether oxygens (including phenoxy) is 1. The molecule has 24 heavy (non-hydrogen) atoms. The molecule has 1 rings (SSSR count). The molecule has 0 unspecified atom stereocenters. The number of carboxylic acids is 1. The quantitative estimate of drug-likeness (QED) is 0.623. The number of carbonyl (C=O) groups excluding carboxylic acids is 2. The Morgan fingerprint density at radius 2 is 1.75 bits per heavy atom. The van der Waals surface area contributed by atoms with E-state index < -0.39 is 11.9 Å². The van der Waals surface area contributed by atoms with Gasteiger partial charge in [0.25, 0.3) is 0 Å². The predicted octanol–water partition coefficient (Wildman–Crippen LogP) is 4.10. The van der Waals surface area contributed by atoms with Crippen LogP contribution in [-0.4, -0.2) is 23.0 Å². The van der Waals surface area contributed by atoms with Crippen molar-refractivity contribution in [3.63, 3.8) is 0 Å². The van der Waals surface area contributed by atoms with E-state index in [1.54, 1.807) is 6.92 Å². The van der Waals surface area contributed by atoms with Crippen LogP contribution in [0.15, 0.2) is 18.2 Å². The molecule has 0 bridgehead atoms. The van der Waals surface area contributed by atoms with Crippen LogP contribution in [-0.2, 0) is 9.59 Å². The summed E-state index contributed by atoms with van der Waals surface area (Å²) in [4.78, 5) is 34.4. The van der Waals surface area contributed by atoms with Crippen molar-refractivity contribution in [1.29, 1.82) is 0 Å². The van der Waals surface area contributed by atoms with Crippen molar-refractivity contribution in [2.75, 3.05) is 5.32 Å². The van der Waals surface area contributed by atoms with E-state index in [1.165, 1.54) is 18.2 Å². The topological polar surface area (TPSA) is 92.7 Å². The Morgan fingerprint density at radius 1 is 1.17 bits per heavy atom. The SMILES string of the molecule is CC.CCC(=O)Oc1ccc(NC(=O)CC(C)(C)C)cc1C(=O)O. The molecule has 0 aliphatic heterocycles. The smallest absolute Gasteiger partial charge is 0.339 e. The van der Waals surface area contributed by atoms with E-state index in [2.05, 4.69) is 5.32 Å². The molecule has 134 valence electrons. The van der Waals surface area contributed by atoms with E-state index >= 15 is 0 Å². The van der Waals surface area contributed by atoms with Crippen LogP contribution in [0.5, 0.6) is 5.75 Å². The molecule has 6 heteroatoms. The highest BCUT2D eigenvalue weighted by molar-refractivity contribution is 5.96. The van der Waals surface area contributed by atoms with Gasteiger partial charge in [-0.25, -0.2) is 4.79 Å². The molecular formula is C18H27NO5. The Kier molecular flexibility index (Phi) is 8.74. The van der Waals surface area contributed by atoms with E-state index in [-0.39, 0.29) is 29.1 Å². The van der Waals surface area contributed by atoms with Gasteiger partial charge in [0.05, 0.1) is 0 Å². The lowest BCUT2D eigenvalue weighted by Crippen LogP contribution is -2.20. The van der Waals surface area contributed by atoms with Gasteiger partial charge in [-0.3, -0.25) is 9.59 Å². The summed E-state index contributed by atoms with van der Waals surface area (Å²) in [5.41, 5.74) is 0.00866. The molecule has 0 saturated carbocycles. The Bertz CT molecular complexity index is 588. The Morgan fingerprint density at radius 3 is 2.21 bits per heavy atom. The highest BCUT2D eigenvalue weighted by Crippen LogP contribution is 2.25. The van der Waals surface area contributed by atoms with Crippen molar-refractivity contribution in [3.8, 4) is 5.75 Å². The second-order valence-corrected chi connectivity index (χ2v) is 6.13. The number of rotatable bonds is 5. The lowest BCUT2D eigenvalue weighted by atomic mass is 9.92. The van der Waals surface area contributed by atoms with Gasteiger partial charge >= 0.3 is 11.9 Å². The fraction of sp³-hybridized carbons (Fsp3) is 0.500. The maximum absolute atomic E-state index is 11.9. The molecule has 0 atom stereocenters. The normalized spacial score (nSPS) is 10.2. The summed E-state index contributed by atoms with van der Waals surface area (Å²) in [6.07, 6.45) is 0.450. The zero-order chi connectivity index (χ0) is 18.9. The van der Waals surface area contributed by atoms with Crippen LogP contribution in [0.2, 0.25) is 0 Å². The van der Waals surface area contributed by atoms with Crippen molar-refractivity contribution in [3.05, 3.63) is 23.8 Å². The van der Waals surface area contributed by atoms with Crippen LogP contribution in [0, 0.1) is 5.41 Å². The maximum Gasteiger partial charge on any atom is 0.339 e. The van der Waals surface area contributed by atoms with Gasteiger partial charge in [0.1, 0.15) is 11.3 Å². The third-order valence-electron chi connectivity index (χ3n) is 2.70. The van der Waals surface area contributed by atoms with Crippen molar-refractivity contribution >= 4 is 23.5 Å². The summed E-state index contributed by atoms with van der Waals surface area (Å²) in [5, 5.41) is 11.8. The Balaban J connectivity index is 0.00000254. The highest BCUT2D eigenvalue weighted by Gasteiger charge is 2.18. The number of hydrogen-bond acceptors (Lipinski definition) is 4. The average Bonchev–Trinajstić information content (AvgIpc) is 2.48. The van der Waals surface area contributed by atoms with Crippen molar-refractivity contribution in [1.82, 2.24) is 0 Å². The van der Waals surface area contributed by atoms with Crippen LogP contribution in [0.25, 0.3) is 0 Å². The number of anilines is 1. The molecule has 1 amide bonds. The molecule has 1 aromatic carbocycles. The summed E-state index contributed by atoms with van der Waals surface area (Å²) in [6, 6.07) is 4.15. The number of aromatic carboxylic acids is 1. The van der Waals surface area contributed by atoms with Crippen molar-refractivity contribution in [2.24, 2.45) is 5.41 Å². The number of carboxylic acid groups (broad SMARTS) is 1. The second kappa shape index (κ2) is 9.70. The minimum absolute atomic E-state index is 0.0341. The molecule has 2 N–H and O–H groups in total. The molecule has 0 heterocycles. The summed E-state index contributed by atoms with van der Waals surface area (Å²) < 4.78 is 4.96. The van der Waals surface area contributed by atoms with Gasteiger partial charge < -0.3 is 15.2 Å². The molecule has 0 saturated heterocycles. The molecule has 6 nitrogen and oxygen atoms in total. The maximum atomic E-state index is 11.9. The van der Waals surface area contributed by atoms with Crippen LogP contribution in [0.4, 0.5) is 5.69 Å². The molecule has 0 fully saturated rings. The predicted molar refractivity (Wildman–Crippen MR) is 93.4 cm³/mol. The van der Waals surface area contributed by atoms with E-state index in [4.69, 9.17) is 4.74 Å². The van der Waals surface area contributed by atoms with Gasteiger partial charge in [-0.15, -0.1) is 0 Å². The number of benzene rings is 1. The van der Waals surface area contributed by atoms with E-state index in [1.807, 2.05) is 34.6 Å². The molecule has 0 aliphatic carbocycles. The number of esters is 1. The monoisotopic (exact) mass is 337 g/mol. The first-order chi connectivity index (χ1) is 11.1. The summed E-state index contributed by atoms with van der Waals surface area (Å²) in [5.74, 6) is -1.99. The minimum atomic E-state index is -1.23. The van der Waals surface area contributed by atoms with Gasteiger partial charge in [-0.1, -0.05) is 41.5 Å². The molecule has 1 aromatic rings. The fourth-order valence-electron chi connectivity index (χ4n) is 1.75. The van der Waals surface area contributed by atoms with Crippen LogP contribution in [0.1, 0.15) is 64.7 Å². The molecule has 0 aliphatic rings. The zero-order valence-electron chi connectivity index (χ0n) is 15.2. The highest BCUT2D eigenvalue weighted by atomic mass is 16.5. The number of nitrogens with one attached hydrogen (secondary N) is 1. The largest absolute Gasteiger partial charge is 0.478 e. The first kappa shape index (κ1) is 21.6. The summed E-state index contributed by atoms with van der Waals surface area (Å²) in [7, 11) is 0. The molecule has 0 radical (unpaired) electrons. The van der Waals surface area contributed by atoms with E-state index in [0.29, 0.717) is 12.1 Å². The number of carbonyl (C=O) groups is 3. The van der Waals surface area contributed by atoms with Crippen molar-refractivity contribution in [2.45, 2.75) is 54.4 Å². The van der Waals surface area contributed by atoms with E-state index in [0.717, 1.165) is 0 Å². The van der Waals surface area contributed by atoms with Crippen molar-refractivity contribution < 1.29 is 24.2 Å². The number of hydrogen-bond donors (Lipinski definition) is 2. The standard InChI is InChI=1S/C16H21NO5.C2H6/c1-5-14(19)22-12-7-6-10(8-11(12)15(20)21)17-13(18)9-16(2,3)4;1-2/h6-8H,5,9H2,1-4H3,(H,17,18)(H,20,21);1-2H3. The van der Waals surface area contributed by atoms with E-state index in [9.17, 15) is 19.5 Å². The summed E-state index contributed by atoms with van der Waals surface area (Å²) in [6.45, 7) is 11.4. The lowest BCUT2D eigenvalue weighted by Gasteiger charge is -2.17.